The van der Waals surface area contributed by atoms with Crippen LogP contribution in [0.5, 0.6) is 11.5 Å². The van der Waals surface area contributed by atoms with Gasteiger partial charge in [0.1, 0.15) is 11.5 Å². The van der Waals surface area contributed by atoms with Crippen LogP contribution in [-0.2, 0) is 0 Å². The van der Waals surface area contributed by atoms with Crippen LogP contribution in [0.15, 0.2) is 36.4 Å². The molecule has 0 unspecified atom stereocenters. The molecule has 0 heterocycles. The highest BCUT2D eigenvalue weighted by atomic mass is 16.5. The molecule has 0 aromatic heterocycles. The Balaban J connectivity index is 2.55. The van der Waals surface area contributed by atoms with Crippen molar-refractivity contribution in [3.8, 4) is 35.2 Å². The lowest BCUT2D eigenvalue weighted by molar-refractivity contribution is 0.111. The van der Waals surface area contributed by atoms with Gasteiger partial charge in [0.2, 0.25) is 0 Å². The molecule has 0 spiro atoms. The summed E-state index contributed by atoms with van der Waals surface area (Å²) in [4.78, 5) is 22.8. The van der Waals surface area contributed by atoms with Crippen LogP contribution in [0.25, 0.3) is 0 Å². The lowest BCUT2D eigenvalue weighted by atomic mass is 10.1. The summed E-state index contributed by atoms with van der Waals surface area (Å²) in [6.45, 7) is 3.39. The second-order valence-electron chi connectivity index (χ2n) is 4.52. The van der Waals surface area contributed by atoms with Crippen molar-refractivity contribution in [2.45, 2.75) is 13.8 Å². The van der Waals surface area contributed by atoms with E-state index >= 15 is 0 Å². The molecule has 0 saturated heterocycles. The van der Waals surface area contributed by atoms with E-state index in [2.05, 4.69) is 23.7 Å². The van der Waals surface area contributed by atoms with Gasteiger partial charge >= 0.3 is 0 Å². The van der Waals surface area contributed by atoms with Crippen LogP contribution in [0.4, 0.5) is 0 Å². The SMILES string of the molecule is CC#Cc1cccc(Oc2cccc(C#CC)c2C=O)c1C=O. The number of carbonyl (C=O) groups is 2. The molecule has 0 aliphatic rings. The van der Waals surface area contributed by atoms with Gasteiger partial charge in [0.05, 0.1) is 11.1 Å². The topological polar surface area (TPSA) is 43.4 Å². The number of benzene rings is 2. The number of hydrogen-bond acceptors (Lipinski definition) is 3. The van der Waals surface area contributed by atoms with E-state index in [0.29, 0.717) is 46.3 Å². The summed E-state index contributed by atoms with van der Waals surface area (Å²) in [5.74, 6) is 11.9. The summed E-state index contributed by atoms with van der Waals surface area (Å²) in [5.41, 5.74) is 1.87. The van der Waals surface area contributed by atoms with Gasteiger partial charge in [-0.1, -0.05) is 24.0 Å². The first-order valence-corrected chi connectivity index (χ1v) is 6.95. The van der Waals surface area contributed by atoms with E-state index in [9.17, 15) is 9.59 Å². The predicted molar refractivity (Wildman–Crippen MR) is 88.8 cm³/mol. The Morgan fingerprint density at radius 2 is 1.22 bits per heavy atom. The fourth-order valence-electron chi connectivity index (χ4n) is 2.11. The first kappa shape index (κ1) is 16.1. The average molecular weight is 302 g/mol. The lowest BCUT2D eigenvalue weighted by Crippen LogP contribution is -1.98. The summed E-state index contributed by atoms with van der Waals surface area (Å²) >= 11 is 0. The van der Waals surface area contributed by atoms with Crippen LogP contribution < -0.4 is 4.74 Å². The molecule has 3 heteroatoms. The molecule has 112 valence electrons. The molecule has 2 rings (SSSR count). The van der Waals surface area contributed by atoms with Gasteiger partial charge in [-0.15, -0.1) is 11.8 Å². The molecule has 23 heavy (non-hydrogen) atoms. The van der Waals surface area contributed by atoms with Crippen LogP contribution in [0.2, 0.25) is 0 Å². The van der Waals surface area contributed by atoms with Gasteiger partial charge in [-0.2, -0.15) is 0 Å². The first-order valence-electron chi connectivity index (χ1n) is 6.95. The van der Waals surface area contributed by atoms with Crippen LogP contribution in [-0.4, -0.2) is 12.6 Å². The molecule has 0 amide bonds. The van der Waals surface area contributed by atoms with Crippen LogP contribution in [0.3, 0.4) is 0 Å². The highest BCUT2D eigenvalue weighted by molar-refractivity contribution is 5.86. The summed E-state index contributed by atoms with van der Waals surface area (Å²) < 4.78 is 5.80. The number of aldehydes is 2. The van der Waals surface area contributed by atoms with E-state index in [0.717, 1.165) is 0 Å². The number of ether oxygens (including phenoxy) is 1. The van der Waals surface area contributed by atoms with Crippen molar-refractivity contribution in [2.75, 3.05) is 0 Å². The molecular formula is C20H14O3. The van der Waals surface area contributed by atoms with E-state index in [1.807, 2.05) is 0 Å². The maximum absolute atomic E-state index is 11.4. The zero-order valence-electron chi connectivity index (χ0n) is 12.8. The molecule has 0 atom stereocenters. The summed E-state index contributed by atoms with van der Waals surface area (Å²) in [6, 6.07) is 10.3. The molecular weight excluding hydrogens is 288 g/mol. The van der Waals surface area contributed by atoms with Crippen LogP contribution in [0, 0.1) is 23.7 Å². The van der Waals surface area contributed by atoms with Gasteiger partial charge in [-0.05, 0) is 38.1 Å². The standard InChI is InChI=1S/C20H14O3/c1-3-7-15-9-5-11-19(17(15)13-21)23-20-12-6-10-16(8-4-2)18(20)14-22/h5-6,9-14H,1-2H3. The highest BCUT2D eigenvalue weighted by Crippen LogP contribution is 2.29. The molecule has 0 saturated carbocycles. The van der Waals surface area contributed by atoms with Gasteiger partial charge in [0.15, 0.2) is 12.6 Å². The third kappa shape index (κ3) is 3.48. The predicted octanol–water partition coefficient (Wildman–Crippen LogP) is 3.85. The Morgan fingerprint density at radius 3 is 1.57 bits per heavy atom. The largest absolute Gasteiger partial charge is 0.456 e. The second kappa shape index (κ2) is 7.64. The average Bonchev–Trinajstić information content (AvgIpc) is 2.56. The Hall–Kier alpha value is -3.30. The van der Waals surface area contributed by atoms with Gasteiger partial charge in [0.25, 0.3) is 0 Å². The quantitative estimate of drug-likeness (QED) is 0.636. The Kier molecular flexibility index (Phi) is 5.34. The number of hydrogen-bond donors (Lipinski definition) is 0. The molecule has 0 N–H and O–H groups in total. The van der Waals surface area contributed by atoms with E-state index in [1.165, 1.54) is 0 Å². The lowest BCUT2D eigenvalue weighted by Gasteiger charge is -2.11. The second-order valence-corrected chi connectivity index (χ2v) is 4.52. The van der Waals surface area contributed by atoms with Crippen molar-refractivity contribution < 1.29 is 14.3 Å². The van der Waals surface area contributed by atoms with E-state index in [-0.39, 0.29) is 0 Å². The van der Waals surface area contributed by atoms with Crippen molar-refractivity contribution in [3.05, 3.63) is 58.7 Å². The molecule has 2 aromatic carbocycles. The van der Waals surface area contributed by atoms with Crippen LogP contribution >= 0.6 is 0 Å². The Bertz CT molecular complexity index is 798. The minimum absolute atomic E-state index is 0.352. The summed E-state index contributed by atoms with van der Waals surface area (Å²) in [6.07, 6.45) is 1.40. The van der Waals surface area contributed by atoms with Gasteiger partial charge in [-0.25, -0.2) is 0 Å². The highest BCUT2D eigenvalue weighted by Gasteiger charge is 2.12. The van der Waals surface area contributed by atoms with Crippen molar-refractivity contribution in [2.24, 2.45) is 0 Å². The monoisotopic (exact) mass is 302 g/mol. The minimum Gasteiger partial charge on any atom is -0.456 e. The molecule has 0 aliphatic heterocycles. The van der Waals surface area contributed by atoms with Crippen molar-refractivity contribution >= 4 is 12.6 Å². The Labute approximate surface area is 135 Å². The zero-order valence-corrected chi connectivity index (χ0v) is 12.8. The smallest absolute Gasteiger partial charge is 0.155 e. The maximum atomic E-state index is 11.4. The molecule has 0 radical (unpaired) electrons. The Morgan fingerprint density at radius 1 is 0.783 bits per heavy atom. The molecule has 3 nitrogen and oxygen atoms in total. The van der Waals surface area contributed by atoms with Gasteiger partial charge in [-0.3, -0.25) is 9.59 Å². The fraction of sp³-hybridized carbons (Fsp3) is 0.100. The third-order valence-corrected chi connectivity index (χ3v) is 3.11. The van der Waals surface area contributed by atoms with Crippen molar-refractivity contribution in [3.63, 3.8) is 0 Å². The van der Waals surface area contributed by atoms with Gasteiger partial charge < -0.3 is 4.74 Å². The number of carbonyl (C=O) groups excluding carboxylic acids is 2. The summed E-state index contributed by atoms with van der Waals surface area (Å²) in [5, 5.41) is 0. The van der Waals surface area contributed by atoms with E-state index in [4.69, 9.17) is 4.74 Å². The van der Waals surface area contributed by atoms with Crippen LogP contribution in [0.1, 0.15) is 45.7 Å². The molecule has 0 fully saturated rings. The number of rotatable bonds is 4. The van der Waals surface area contributed by atoms with Gasteiger partial charge in [0, 0.05) is 11.1 Å². The third-order valence-electron chi connectivity index (χ3n) is 3.11. The van der Waals surface area contributed by atoms with Crippen molar-refractivity contribution in [1.82, 2.24) is 0 Å². The van der Waals surface area contributed by atoms with E-state index < -0.39 is 0 Å². The normalized spacial score (nSPS) is 8.96. The van der Waals surface area contributed by atoms with E-state index in [1.54, 1.807) is 50.2 Å². The summed E-state index contributed by atoms with van der Waals surface area (Å²) in [7, 11) is 0. The van der Waals surface area contributed by atoms with Crippen molar-refractivity contribution in [1.29, 1.82) is 0 Å². The molecule has 0 bridgehead atoms. The zero-order chi connectivity index (χ0) is 16.7. The fourth-order valence-corrected chi connectivity index (χ4v) is 2.11. The molecule has 2 aromatic rings. The molecule has 0 aliphatic carbocycles. The minimum atomic E-state index is 0.352. The first-order chi connectivity index (χ1) is 11.2. The maximum Gasteiger partial charge on any atom is 0.155 e.